The molecule has 7 nitrogen and oxygen atoms in total. The van der Waals surface area contributed by atoms with Crippen LogP contribution in [0.4, 0.5) is 0 Å². The number of nitrogens with one attached hydrogen (secondary N) is 3. The van der Waals surface area contributed by atoms with Crippen LogP contribution in [-0.2, 0) is 9.59 Å². The lowest BCUT2D eigenvalue weighted by atomic mass is 10.2. The summed E-state index contributed by atoms with van der Waals surface area (Å²) in [5, 5.41) is 2.36. The quantitative estimate of drug-likeness (QED) is 0.517. The molecule has 0 aliphatic carbocycles. The van der Waals surface area contributed by atoms with Gasteiger partial charge in [-0.3, -0.25) is 25.8 Å². The Morgan fingerprint density at radius 1 is 0.926 bits per heavy atom. The molecule has 3 N–H and O–H groups in total. The fraction of sp³-hybridized carbons (Fsp3) is 0.211. The number of hydrogen-bond donors (Lipinski definition) is 3. The molecule has 0 bridgehead atoms. The van der Waals surface area contributed by atoms with E-state index in [2.05, 4.69) is 16.2 Å². The topological polar surface area (TPSA) is 88.7 Å². The zero-order valence-electron chi connectivity index (χ0n) is 15.1. The Bertz CT molecular complexity index is 826. The lowest BCUT2D eigenvalue weighted by molar-refractivity contribution is -0.124. The standard InChI is InChI=1S/C19H21N3O4S/c1-13-6-5-8-15(10-13)25-12-18(24)21-22-19(27)20-17(23)11-26-16-9-4-3-7-14(16)2/h3-10H,11-12H2,1-2H3,(H,21,24)(H2,20,22,23,27). The van der Waals surface area contributed by atoms with Gasteiger partial charge in [-0.1, -0.05) is 30.3 Å². The maximum absolute atomic E-state index is 11.8. The molecule has 0 unspecified atom stereocenters. The molecule has 0 atom stereocenters. The highest BCUT2D eigenvalue weighted by Gasteiger charge is 2.08. The molecular weight excluding hydrogens is 366 g/mol. The molecule has 0 aliphatic rings. The number of aryl methyl sites for hydroxylation is 2. The summed E-state index contributed by atoms with van der Waals surface area (Å²) in [7, 11) is 0. The second kappa shape index (κ2) is 10.1. The molecule has 142 valence electrons. The van der Waals surface area contributed by atoms with Crippen LogP contribution in [0.3, 0.4) is 0 Å². The molecule has 0 aliphatic heterocycles. The molecule has 2 amide bonds. The highest BCUT2D eigenvalue weighted by atomic mass is 32.1. The van der Waals surface area contributed by atoms with Crippen LogP contribution in [0.2, 0.25) is 0 Å². The third kappa shape index (κ3) is 7.33. The Labute approximate surface area is 163 Å². The van der Waals surface area contributed by atoms with Crippen molar-refractivity contribution in [1.29, 1.82) is 0 Å². The van der Waals surface area contributed by atoms with Crippen LogP contribution in [0.1, 0.15) is 11.1 Å². The third-order valence-electron chi connectivity index (χ3n) is 3.38. The van der Waals surface area contributed by atoms with Crippen molar-refractivity contribution in [2.45, 2.75) is 13.8 Å². The minimum absolute atomic E-state index is 0.0442. The van der Waals surface area contributed by atoms with Gasteiger partial charge in [-0.05, 0) is 55.4 Å². The Morgan fingerprint density at radius 3 is 2.41 bits per heavy atom. The van der Waals surface area contributed by atoms with E-state index in [1.807, 2.05) is 50.2 Å². The normalized spacial score (nSPS) is 9.85. The van der Waals surface area contributed by atoms with Crippen LogP contribution in [0.25, 0.3) is 0 Å². The average Bonchev–Trinajstić information content (AvgIpc) is 2.64. The van der Waals surface area contributed by atoms with Gasteiger partial charge in [-0.2, -0.15) is 0 Å². The maximum atomic E-state index is 11.8. The number of para-hydroxylation sites is 1. The van der Waals surface area contributed by atoms with E-state index in [-0.39, 0.29) is 18.3 Å². The fourth-order valence-corrected chi connectivity index (χ4v) is 2.24. The number of carbonyl (C=O) groups excluding carboxylic acids is 2. The Morgan fingerprint density at radius 2 is 1.67 bits per heavy atom. The van der Waals surface area contributed by atoms with E-state index in [1.54, 1.807) is 12.1 Å². The van der Waals surface area contributed by atoms with Gasteiger partial charge in [0.05, 0.1) is 0 Å². The lowest BCUT2D eigenvalue weighted by Gasteiger charge is -2.12. The zero-order valence-corrected chi connectivity index (χ0v) is 15.9. The molecule has 8 heteroatoms. The van der Waals surface area contributed by atoms with Crippen molar-refractivity contribution >= 4 is 29.1 Å². The van der Waals surface area contributed by atoms with Gasteiger partial charge in [0.2, 0.25) is 0 Å². The van der Waals surface area contributed by atoms with E-state index in [9.17, 15) is 9.59 Å². The summed E-state index contributed by atoms with van der Waals surface area (Å²) < 4.78 is 10.8. The van der Waals surface area contributed by atoms with Gasteiger partial charge in [0, 0.05) is 0 Å². The van der Waals surface area contributed by atoms with E-state index in [0.717, 1.165) is 11.1 Å². The van der Waals surface area contributed by atoms with Crippen LogP contribution >= 0.6 is 12.2 Å². The van der Waals surface area contributed by atoms with Crippen LogP contribution < -0.4 is 25.6 Å². The molecule has 0 saturated carbocycles. The summed E-state index contributed by atoms with van der Waals surface area (Å²) in [5.74, 6) is 0.327. The van der Waals surface area contributed by atoms with E-state index in [0.29, 0.717) is 11.5 Å². The predicted molar refractivity (Wildman–Crippen MR) is 105 cm³/mol. The average molecular weight is 387 g/mol. The van der Waals surface area contributed by atoms with Crippen molar-refractivity contribution in [3.8, 4) is 11.5 Å². The number of thiocarbonyl (C=S) groups is 1. The third-order valence-corrected chi connectivity index (χ3v) is 3.58. The number of hydrazine groups is 1. The van der Waals surface area contributed by atoms with Crippen molar-refractivity contribution < 1.29 is 19.1 Å². The summed E-state index contributed by atoms with van der Waals surface area (Å²) >= 11 is 4.95. The molecule has 27 heavy (non-hydrogen) atoms. The van der Waals surface area contributed by atoms with Crippen molar-refractivity contribution in [2.24, 2.45) is 0 Å². The minimum Gasteiger partial charge on any atom is -0.484 e. The first-order valence-electron chi connectivity index (χ1n) is 8.20. The smallest absolute Gasteiger partial charge is 0.276 e. The van der Waals surface area contributed by atoms with Gasteiger partial charge in [-0.15, -0.1) is 0 Å². The Hall–Kier alpha value is -3.13. The minimum atomic E-state index is -0.444. The van der Waals surface area contributed by atoms with E-state index < -0.39 is 11.8 Å². The molecular formula is C19H21N3O4S. The highest BCUT2D eigenvalue weighted by Crippen LogP contribution is 2.15. The van der Waals surface area contributed by atoms with Gasteiger partial charge in [0.25, 0.3) is 11.8 Å². The van der Waals surface area contributed by atoms with Gasteiger partial charge in [0.1, 0.15) is 11.5 Å². The first-order valence-corrected chi connectivity index (χ1v) is 8.61. The van der Waals surface area contributed by atoms with Crippen LogP contribution in [-0.4, -0.2) is 30.1 Å². The van der Waals surface area contributed by atoms with Crippen molar-refractivity contribution in [3.63, 3.8) is 0 Å². The number of rotatable bonds is 6. The van der Waals surface area contributed by atoms with Crippen LogP contribution in [0.5, 0.6) is 11.5 Å². The van der Waals surface area contributed by atoms with Crippen LogP contribution in [0.15, 0.2) is 48.5 Å². The molecule has 2 rings (SSSR count). The number of ether oxygens (including phenoxy) is 2. The van der Waals surface area contributed by atoms with Crippen LogP contribution in [0, 0.1) is 13.8 Å². The molecule has 0 saturated heterocycles. The summed E-state index contributed by atoms with van der Waals surface area (Å²) in [6, 6.07) is 14.7. The molecule has 0 heterocycles. The second-order valence-electron chi connectivity index (χ2n) is 5.71. The summed E-state index contributed by atoms with van der Waals surface area (Å²) in [6.45, 7) is 3.42. The molecule has 2 aromatic rings. The molecule has 0 radical (unpaired) electrons. The molecule has 0 aromatic heterocycles. The Balaban J connectivity index is 1.65. The van der Waals surface area contributed by atoms with Crippen molar-refractivity contribution in [1.82, 2.24) is 16.2 Å². The first kappa shape index (κ1) is 20.2. The number of carbonyl (C=O) groups is 2. The number of amides is 2. The lowest BCUT2D eigenvalue weighted by Crippen LogP contribution is -2.50. The van der Waals surface area contributed by atoms with E-state index in [1.165, 1.54) is 0 Å². The molecule has 0 spiro atoms. The number of benzene rings is 2. The molecule has 0 fully saturated rings. The van der Waals surface area contributed by atoms with E-state index in [4.69, 9.17) is 21.7 Å². The van der Waals surface area contributed by atoms with Gasteiger partial charge in [0.15, 0.2) is 18.3 Å². The molecule has 2 aromatic carbocycles. The number of hydrogen-bond acceptors (Lipinski definition) is 5. The summed E-state index contributed by atoms with van der Waals surface area (Å²) in [4.78, 5) is 23.6. The van der Waals surface area contributed by atoms with Gasteiger partial charge < -0.3 is 9.47 Å². The van der Waals surface area contributed by atoms with Crippen molar-refractivity contribution in [3.05, 3.63) is 59.7 Å². The Kier molecular flexibility index (Phi) is 7.57. The predicted octanol–water partition coefficient (Wildman–Crippen LogP) is 1.78. The van der Waals surface area contributed by atoms with Gasteiger partial charge >= 0.3 is 0 Å². The maximum Gasteiger partial charge on any atom is 0.276 e. The summed E-state index contributed by atoms with van der Waals surface area (Å²) in [6.07, 6.45) is 0. The SMILES string of the molecule is Cc1cccc(OCC(=O)NNC(=S)NC(=O)COc2ccccc2C)c1. The monoisotopic (exact) mass is 387 g/mol. The fourth-order valence-electron chi connectivity index (χ4n) is 2.07. The first-order chi connectivity index (χ1) is 12.9. The zero-order chi connectivity index (χ0) is 19.6. The van der Waals surface area contributed by atoms with Crippen molar-refractivity contribution in [2.75, 3.05) is 13.2 Å². The second-order valence-corrected chi connectivity index (χ2v) is 6.12. The largest absolute Gasteiger partial charge is 0.484 e. The van der Waals surface area contributed by atoms with Gasteiger partial charge in [-0.25, -0.2) is 0 Å². The van der Waals surface area contributed by atoms with E-state index >= 15 is 0 Å². The highest BCUT2D eigenvalue weighted by molar-refractivity contribution is 7.80. The summed E-state index contributed by atoms with van der Waals surface area (Å²) in [5.41, 5.74) is 6.73.